The lowest BCUT2D eigenvalue weighted by Gasteiger charge is -2.58. The highest BCUT2D eigenvalue weighted by Crippen LogP contribution is 2.62. The van der Waals surface area contributed by atoms with Gasteiger partial charge < -0.3 is 25.6 Å². The zero-order valence-electron chi connectivity index (χ0n) is 23.3. The summed E-state index contributed by atoms with van der Waals surface area (Å²) < 4.78 is 5.41. The zero-order valence-corrected chi connectivity index (χ0v) is 24.1. The number of nitrogens with zero attached hydrogens (tertiary/aromatic N) is 2. The van der Waals surface area contributed by atoms with E-state index in [4.69, 9.17) is 9.72 Å². The van der Waals surface area contributed by atoms with Crippen LogP contribution < -0.4 is 10.6 Å². The van der Waals surface area contributed by atoms with Gasteiger partial charge in [-0.2, -0.15) is 0 Å². The summed E-state index contributed by atoms with van der Waals surface area (Å²) in [5.41, 5.74) is -0.0667. The molecule has 3 aliphatic rings. The molecule has 0 aromatic carbocycles. The van der Waals surface area contributed by atoms with Crippen molar-refractivity contribution in [3.8, 4) is 0 Å². The van der Waals surface area contributed by atoms with Crippen molar-refractivity contribution >= 4 is 28.3 Å². The summed E-state index contributed by atoms with van der Waals surface area (Å²) in [5, 5.41) is 28.1. The standard InChI is InChI=1S/C28H46N4O5S/c1-4-5-6-7-23(35)30-26-31-25-19(16-24(36)29-10-11-32-12-14-37-15-13-32)27(2)9-8-22(34)28(3,18-33)21(27)17-20(25)38-26/h19,21-22,33-34H,4-18H2,1-3H3,(H,29,36)(H,30,31,35). The van der Waals surface area contributed by atoms with Crippen LogP contribution in [0.1, 0.15) is 82.2 Å². The molecule has 0 spiro atoms. The monoisotopic (exact) mass is 550 g/mol. The Bertz CT molecular complexity index is 967. The molecule has 1 saturated heterocycles. The topological polar surface area (TPSA) is 124 Å². The van der Waals surface area contributed by atoms with Crippen LogP contribution in [0.5, 0.6) is 0 Å². The van der Waals surface area contributed by atoms with Gasteiger partial charge >= 0.3 is 0 Å². The van der Waals surface area contributed by atoms with E-state index in [2.05, 4.69) is 29.4 Å². The smallest absolute Gasteiger partial charge is 0.226 e. The quantitative estimate of drug-likeness (QED) is 0.312. The first-order valence-electron chi connectivity index (χ1n) is 14.4. The molecular formula is C28H46N4O5S. The lowest BCUT2D eigenvalue weighted by molar-refractivity contribution is -0.144. The fourth-order valence-electron chi connectivity index (χ4n) is 6.85. The van der Waals surface area contributed by atoms with Gasteiger partial charge in [0.15, 0.2) is 5.13 Å². The van der Waals surface area contributed by atoms with E-state index < -0.39 is 11.5 Å². The number of aliphatic hydroxyl groups is 2. The molecule has 4 rings (SSSR count). The summed E-state index contributed by atoms with van der Waals surface area (Å²) >= 11 is 1.48. The normalized spacial score (nSPS) is 31.3. The number of morpholine rings is 1. The maximum Gasteiger partial charge on any atom is 0.226 e. The van der Waals surface area contributed by atoms with E-state index in [0.29, 0.717) is 37.4 Å². The second kappa shape index (κ2) is 12.7. The Kier molecular flexibility index (Phi) is 9.84. The van der Waals surface area contributed by atoms with E-state index in [1.165, 1.54) is 11.3 Å². The van der Waals surface area contributed by atoms with Crippen molar-refractivity contribution in [2.75, 3.05) is 51.3 Å². The molecule has 1 aliphatic heterocycles. The number of hydrogen-bond donors (Lipinski definition) is 4. The number of anilines is 1. The van der Waals surface area contributed by atoms with Crippen LogP contribution in [0.4, 0.5) is 5.13 Å². The molecule has 214 valence electrons. The Morgan fingerprint density at radius 3 is 2.68 bits per heavy atom. The average molecular weight is 551 g/mol. The van der Waals surface area contributed by atoms with E-state index in [0.717, 1.165) is 69.1 Å². The molecular weight excluding hydrogens is 504 g/mol. The number of aromatic nitrogens is 1. The number of carbonyl (C=O) groups excluding carboxylic acids is 2. The van der Waals surface area contributed by atoms with Crippen LogP contribution >= 0.6 is 11.3 Å². The number of nitrogens with one attached hydrogen (secondary N) is 2. The van der Waals surface area contributed by atoms with E-state index >= 15 is 0 Å². The molecule has 2 heterocycles. The van der Waals surface area contributed by atoms with Gasteiger partial charge in [0.2, 0.25) is 11.8 Å². The van der Waals surface area contributed by atoms with Crippen molar-refractivity contribution in [1.82, 2.24) is 15.2 Å². The van der Waals surface area contributed by atoms with E-state index in [-0.39, 0.29) is 35.7 Å². The number of aliphatic hydroxyl groups excluding tert-OH is 2. The molecule has 5 unspecified atom stereocenters. The maximum absolute atomic E-state index is 13.3. The number of unbranched alkanes of at least 4 members (excludes halogenated alkanes) is 2. The number of carbonyl (C=O) groups is 2. The molecule has 9 nitrogen and oxygen atoms in total. The van der Waals surface area contributed by atoms with E-state index in [9.17, 15) is 19.8 Å². The fraction of sp³-hybridized carbons (Fsp3) is 0.821. The third-order valence-electron chi connectivity index (χ3n) is 9.39. The van der Waals surface area contributed by atoms with Crippen molar-refractivity contribution in [2.45, 2.75) is 84.2 Å². The van der Waals surface area contributed by atoms with Crippen LogP contribution in [0.3, 0.4) is 0 Å². The summed E-state index contributed by atoms with van der Waals surface area (Å²) in [6.45, 7) is 10.8. The van der Waals surface area contributed by atoms with Gasteiger partial charge in [0, 0.05) is 55.2 Å². The predicted molar refractivity (Wildman–Crippen MR) is 148 cm³/mol. The fourth-order valence-corrected chi connectivity index (χ4v) is 7.94. The Morgan fingerprint density at radius 1 is 1.21 bits per heavy atom. The van der Waals surface area contributed by atoms with Crippen LogP contribution in [0.15, 0.2) is 0 Å². The first-order valence-corrected chi connectivity index (χ1v) is 15.2. The minimum atomic E-state index is -0.663. The van der Waals surface area contributed by atoms with Gasteiger partial charge in [-0.05, 0) is 37.0 Å². The molecule has 10 heteroatoms. The van der Waals surface area contributed by atoms with Gasteiger partial charge in [0.1, 0.15) is 0 Å². The number of rotatable bonds is 11. The highest BCUT2D eigenvalue weighted by atomic mass is 32.1. The Hall–Kier alpha value is -1.59. The van der Waals surface area contributed by atoms with Crippen LogP contribution in [0, 0.1) is 16.7 Å². The summed E-state index contributed by atoms with van der Waals surface area (Å²) in [6, 6.07) is 0. The summed E-state index contributed by atoms with van der Waals surface area (Å²) in [5.74, 6) is -0.191. The van der Waals surface area contributed by atoms with Crippen LogP contribution in [0.25, 0.3) is 0 Å². The van der Waals surface area contributed by atoms with Crippen molar-refractivity contribution in [3.05, 3.63) is 10.6 Å². The lowest BCUT2D eigenvalue weighted by Crippen LogP contribution is -2.57. The van der Waals surface area contributed by atoms with Gasteiger partial charge in [-0.15, -0.1) is 11.3 Å². The Labute approximate surface area is 230 Å². The predicted octanol–water partition coefficient (Wildman–Crippen LogP) is 2.92. The molecule has 2 aliphatic carbocycles. The maximum atomic E-state index is 13.3. The molecule has 0 radical (unpaired) electrons. The Morgan fingerprint density at radius 2 is 1.97 bits per heavy atom. The Balaban J connectivity index is 1.53. The molecule has 2 amide bonds. The molecule has 1 saturated carbocycles. The third-order valence-corrected chi connectivity index (χ3v) is 10.4. The van der Waals surface area contributed by atoms with Crippen LogP contribution in [-0.4, -0.2) is 84.0 Å². The number of ether oxygens (including phenoxy) is 1. The molecule has 4 N–H and O–H groups in total. The molecule has 38 heavy (non-hydrogen) atoms. The van der Waals surface area contributed by atoms with E-state index in [1.54, 1.807) is 0 Å². The minimum Gasteiger partial charge on any atom is -0.396 e. The average Bonchev–Trinajstić information content (AvgIpc) is 3.30. The van der Waals surface area contributed by atoms with Gasteiger partial charge in [-0.25, -0.2) is 4.98 Å². The van der Waals surface area contributed by atoms with Crippen LogP contribution in [-0.2, 0) is 20.7 Å². The SMILES string of the molecule is CCCCCC(=O)Nc1nc2c(s1)CC1C(C)(CO)C(O)CCC1(C)C2CC(=O)NCCN1CCOCC1. The number of fused-ring (bicyclic) bond motifs is 2. The summed E-state index contributed by atoms with van der Waals surface area (Å²) in [4.78, 5) is 34.0. The second-order valence-electron chi connectivity index (χ2n) is 11.9. The highest BCUT2D eigenvalue weighted by Gasteiger charge is 2.59. The van der Waals surface area contributed by atoms with Crippen molar-refractivity contribution in [3.63, 3.8) is 0 Å². The minimum absolute atomic E-state index is 0.00374. The molecule has 5 atom stereocenters. The summed E-state index contributed by atoms with van der Waals surface area (Å²) in [7, 11) is 0. The van der Waals surface area contributed by atoms with Crippen LogP contribution in [0.2, 0.25) is 0 Å². The highest BCUT2D eigenvalue weighted by molar-refractivity contribution is 7.15. The van der Waals surface area contributed by atoms with E-state index in [1.807, 2.05) is 6.92 Å². The van der Waals surface area contributed by atoms with Gasteiger partial charge in [-0.3, -0.25) is 14.5 Å². The number of amides is 2. The first kappa shape index (κ1) is 29.4. The molecule has 0 bridgehead atoms. The van der Waals surface area contributed by atoms with Crippen molar-refractivity contribution in [1.29, 1.82) is 0 Å². The number of thiazole rings is 1. The molecule has 1 aromatic heterocycles. The largest absolute Gasteiger partial charge is 0.396 e. The molecule has 1 aromatic rings. The number of hydrogen-bond acceptors (Lipinski definition) is 8. The summed E-state index contributed by atoms with van der Waals surface area (Å²) in [6.07, 6.45) is 5.13. The van der Waals surface area contributed by atoms with Gasteiger partial charge in [0.05, 0.1) is 31.6 Å². The third kappa shape index (κ3) is 6.25. The first-order chi connectivity index (χ1) is 18.2. The van der Waals surface area contributed by atoms with Gasteiger partial charge in [0.25, 0.3) is 0 Å². The second-order valence-corrected chi connectivity index (χ2v) is 13.0. The lowest BCUT2D eigenvalue weighted by atomic mass is 9.47. The molecule has 2 fully saturated rings. The zero-order chi connectivity index (χ0) is 27.3. The van der Waals surface area contributed by atoms with Crippen molar-refractivity contribution < 1.29 is 24.5 Å². The van der Waals surface area contributed by atoms with Gasteiger partial charge in [-0.1, -0.05) is 33.6 Å². The van der Waals surface area contributed by atoms with Crippen molar-refractivity contribution in [2.24, 2.45) is 16.7 Å².